The molecule has 0 unspecified atom stereocenters. The molecular formula is C12H12N6S. The second-order valence-corrected chi connectivity index (χ2v) is 5.25. The van der Waals surface area contributed by atoms with Crippen LogP contribution in [0.4, 0.5) is 5.95 Å². The van der Waals surface area contributed by atoms with Gasteiger partial charge in [0.25, 0.3) is 0 Å². The van der Waals surface area contributed by atoms with E-state index in [1.165, 1.54) is 17.3 Å². The van der Waals surface area contributed by atoms with Crippen LogP contribution < -0.4 is 5.73 Å². The molecule has 3 rings (SSSR count). The summed E-state index contributed by atoms with van der Waals surface area (Å²) in [5.41, 5.74) is 8.48. The number of nitrogens with zero attached hydrogens (tertiary/aromatic N) is 4. The summed E-state index contributed by atoms with van der Waals surface area (Å²) in [6, 6.07) is 4.05. The van der Waals surface area contributed by atoms with E-state index in [1.54, 1.807) is 6.20 Å². The molecule has 96 valence electrons. The van der Waals surface area contributed by atoms with E-state index in [-0.39, 0.29) is 5.95 Å². The zero-order valence-corrected chi connectivity index (χ0v) is 11.3. The average molecular weight is 272 g/mol. The Morgan fingerprint density at radius 1 is 1.16 bits per heavy atom. The number of pyridine rings is 1. The lowest BCUT2D eigenvalue weighted by molar-refractivity contribution is 1.04. The molecule has 0 fully saturated rings. The van der Waals surface area contributed by atoms with Crippen molar-refractivity contribution in [3.63, 3.8) is 0 Å². The Kier molecular flexibility index (Phi) is 2.83. The fraction of sp³-hybridized carbons (Fsp3) is 0.167. The molecule has 0 spiro atoms. The van der Waals surface area contributed by atoms with E-state index in [1.807, 2.05) is 26.0 Å². The van der Waals surface area contributed by atoms with Crippen LogP contribution in [0.25, 0.3) is 11.0 Å². The number of nitrogens with one attached hydrogen (secondary N) is 1. The lowest BCUT2D eigenvalue weighted by Crippen LogP contribution is -1.97. The van der Waals surface area contributed by atoms with E-state index in [0.717, 1.165) is 21.1 Å². The van der Waals surface area contributed by atoms with Gasteiger partial charge < -0.3 is 5.73 Å². The molecule has 0 saturated carbocycles. The van der Waals surface area contributed by atoms with Gasteiger partial charge in [0.1, 0.15) is 10.1 Å². The number of hydrogen-bond donors (Lipinski definition) is 2. The number of aryl methyl sites for hydroxylation is 2. The summed E-state index contributed by atoms with van der Waals surface area (Å²) in [6.45, 7) is 4.01. The third-order valence-corrected chi connectivity index (χ3v) is 3.49. The predicted molar refractivity (Wildman–Crippen MR) is 73.9 cm³/mol. The first kappa shape index (κ1) is 11.9. The summed E-state index contributed by atoms with van der Waals surface area (Å²) in [5, 5.41) is 9.25. The monoisotopic (exact) mass is 272 g/mol. The van der Waals surface area contributed by atoms with Gasteiger partial charge in [-0.05, 0) is 43.3 Å². The minimum absolute atomic E-state index is 0.226. The number of nitrogen functional groups attached to an aromatic ring is 1. The maximum absolute atomic E-state index is 5.69. The molecule has 0 aliphatic heterocycles. The van der Waals surface area contributed by atoms with Crippen molar-refractivity contribution in [1.82, 2.24) is 25.1 Å². The molecule has 0 amide bonds. The summed E-state index contributed by atoms with van der Waals surface area (Å²) in [5.74, 6) is 0.226. The van der Waals surface area contributed by atoms with Crippen molar-refractivity contribution in [2.45, 2.75) is 23.9 Å². The Labute approximate surface area is 113 Å². The zero-order valence-electron chi connectivity index (χ0n) is 10.5. The van der Waals surface area contributed by atoms with Crippen molar-refractivity contribution in [2.24, 2.45) is 0 Å². The minimum atomic E-state index is 0.226. The summed E-state index contributed by atoms with van der Waals surface area (Å²) in [6.07, 6.45) is 1.69. The Balaban J connectivity index is 2.07. The number of hydrogen-bond acceptors (Lipinski definition) is 6. The number of nitrogens with two attached hydrogens (primary N) is 1. The summed E-state index contributed by atoms with van der Waals surface area (Å²) >= 11 is 1.46. The quantitative estimate of drug-likeness (QED) is 0.694. The SMILES string of the molecule is Cc1cc(C)nc(Sc2nc(N)nc3[nH]ncc23)c1. The molecule has 6 nitrogen and oxygen atoms in total. The largest absolute Gasteiger partial charge is 0.368 e. The average Bonchev–Trinajstić information content (AvgIpc) is 2.75. The fourth-order valence-electron chi connectivity index (χ4n) is 1.86. The third kappa shape index (κ3) is 2.37. The second-order valence-electron chi connectivity index (χ2n) is 4.25. The van der Waals surface area contributed by atoms with Gasteiger partial charge in [-0.2, -0.15) is 10.1 Å². The summed E-state index contributed by atoms with van der Waals surface area (Å²) in [7, 11) is 0. The van der Waals surface area contributed by atoms with Gasteiger partial charge >= 0.3 is 0 Å². The first-order valence-electron chi connectivity index (χ1n) is 5.71. The van der Waals surface area contributed by atoms with E-state index in [4.69, 9.17) is 5.73 Å². The predicted octanol–water partition coefficient (Wildman–Crippen LogP) is 2.10. The van der Waals surface area contributed by atoms with Gasteiger partial charge in [0.05, 0.1) is 11.6 Å². The van der Waals surface area contributed by atoms with Gasteiger partial charge in [0, 0.05) is 5.69 Å². The van der Waals surface area contributed by atoms with E-state index in [2.05, 4.69) is 25.1 Å². The molecule has 0 aliphatic carbocycles. The van der Waals surface area contributed by atoms with Crippen LogP contribution in [0.5, 0.6) is 0 Å². The normalized spacial score (nSPS) is 11.1. The maximum Gasteiger partial charge on any atom is 0.223 e. The van der Waals surface area contributed by atoms with Crippen LogP contribution in [0.1, 0.15) is 11.3 Å². The molecular weight excluding hydrogens is 260 g/mol. The van der Waals surface area contributed by atoms with Crippen molar-refractivity contribution in [3.05, 3.63) is 29.6 Å². The van der Waals surface area contributed by atoms with E-state index in [9.17, 15) is 0 Å². The van der Waals surface area contributed by atoms with Gasteiger partial charge in [0.2, 0.25) is 5.95 Å². The van der Waals surface area contributed by atoms with Crippen LogP contribution in [0.2, 0.25) is 0 Å². The van der Waals surface area contributed by atoms with Crippen LogP contribution in [0.15, 0.2) is 28.4 Å². The van der Waals surface area contributed by atoms with Crippen LogP contribution in [-0.4, -0.2) is 25.1 Å². The molecule has 3 heterocycles. The van der Waals surface area contributed by atoms with Crippen molar-refractivity contribution in [1.29, 1.82) is 0 Å². The molecule has 3 N–H and O–H groups in total. The fourth-order valence-corrected chi connectivity index (χ4v) is 2.89. The van der Waals surface area contributed by atoms with E-state index >= 15 is 0 Å². The first-order chi connectivity index (χ1) is 9.11. The third-order valence-electron chi connectivity index (χ3n) is 2.57. The zero-order chi connectivity index (χ0) is 13.4. The molecule has 0 bridgehead atoms. The highest BCUT2D eigenvalue weighted by Crippen LogP contribution is 2.30. The Hall–Kier alpha value is -2.15. The molecule has 0 saturated heterocycles. The molecule has 0 radical (unpaired) electrons. The highest BCUT2D eigenvalue weighted by molar-refractivity contribution is 7.99. The van der Waals surface area contributed by atoms with Crippen molar-refractivity contribution in [2.75, 3.05) is 5.73 Å². The van der Waals surface area contributed by atoms with Crippen molar-refractivity contribution < 1.29 is 0 Å². The maximum atomic E-state index is 5.69. The van der Waals surface area contributed by atoms with Gasteiger partial charge in [-0.25, -0.2) is 9.97 Å². The van der Waals surface area contributed by atoms with Crippen molar-refractivity contribution >= 4 is 28.7 Å². The van der Waals surface area contributed by atoms with E-state index in [0.29, 0.717) is 5.65 Å². The Morgan fingerprint density at radius 2 is 2.00 bits per heavy atom. The number of anilines is 1. The molecule has 0 atom stereocenters. The number of rotatable bonds is 2. The number of fused-ring (bicyclic) bond motifs is 1. The topological polar surface area (TPSA) is 93.4 Å². The summed E-state index contributed by atoms with van der Waals surface area (Å²) in [4.78, 5) is 12.8. The van der Waals surface area contributed by atoms with Gasteiger partial charge in [-0.1, -0.05) is 0 Å². The number of H-pyrrole nitrogens is 1. The van der Waals surface area contributed by atoms with Gasteiger partial charge in [-0.15, -0.1) is 0 Å². The van der Waals surface area contributed by atoms with Crippen LogP contribution in [-0.2, 0) is 0 Å². The summed E-state index contributed by atoms with van der Waals surface area (Å²) < 4.78 is 0. The lowest BCUT2D eigenvalue weighted by Gasteiger charge is -2.04. The Morgan fingerprint density at radius 3 is 2.79 bits per heavy atom. The van der Waals surface area contributed by atoms with Crippen LogP contribution in [0.3, 0.4) is 0 Å². The standard InChI is InChI=1S/C12H12N6S/c1-6-3-7(2)15-9(4-6)19-11-8-5-14-18-10(8)16-12(13)17-11/h3-5H,1-2H3,(H3,13,14,16,17,18). The molecule has 19 heavy (non-hydrogen) atoms. The molecule has 3 aromatic heterocycles. The molecule has 0 aromatic carbocycles. The molecule has 0 aliphatic rings. The molecule has 7 heteroatoms. The highest BCUT2D eigenvalue weighted by atomic mass is 32.2. The second kappa shape index (κ2) is 4.51. The van der Waals surface area contributed by atoms with Crippen LogP contribution >= 0.6 is 11.8 Å². The molecule has 3 aromatic rings. The highest BCUT2D eigenvalue weighted by Gasteiger charge is 2.10. The van der Waals surface area contributed by atoms with Crippen molar-refractivity contribution in [3.8, 4) is 0 Å². The first-order valence-corrected chi connectivity index (χ1v) is 6.53. The number of aromatic nitrogens is 5. The van der Waals surface area contributed by atoms with Crippen LogP contribution in [0, 0.1) is 13.8 Å². The smallest absolute Gasteiger partial charge is 0.223 e. The van der Waals surface area contributed by atoms with Gasteiger partial charge in [-0.3, -0.25) is 5.10 Å². The number of aromatic amines is 1. The van der Waals surface area contributed by atoms with E-state index < -0.39 is 0 Å². The minimum Gasteiger partial charge on any atom is -0.368 e. The lowest BCUT2D eigenvalue weighted by atomic mass is 10.3. The Bertz CT molecular complexity index is 731. The van der Waals surface area contributed by atoms with Gasteiger partial charge in [0.15, 0.2) is 5.65 Å².